The molecule has 23 heavy (non-hydrogen) atoms. The van der Waals surface area contributed by atoms with Crippen molar-refractivity contribution in [2.24, 2.45) is 0 Å². The smallest absolute Gasteiger partial charge is 0.231 e. The molecule has 2 heterocycles. The molecular weight excluding hydrogens is 298 g/mol. The number of benzene rings is 1. The normalized spacial score (nSPS) is 12.6. The van der Waals surface area contributed by atoms with E-state index in [1.165, 1.54) is 23.0 Å². The van der Waals surface area contributed by atoms with Crippen molar-refractivity contribution in [3.8, 4) is 17.2 Å². The Morgan fingerprint density at radius 3 is 2.91 bits per heavy atom. The minimum atomic E-state index is -0.456. The molecule has 7 nitrogen and oxygen atoms in total. The molecule has 7 heteroatoms. The number of rotatable bonds is 4. The molecule has 0 bridgehead atoms. The first-order valence-electron chi connectivity index (χ1n) is 6.94. The number of carbonyl (C=O) groups excluding carboxylic acids is 1. The number of ketones is 1. The standard InChI is InChI=1S/C16H15N3O4/c1-18(2)8-6-12(20)15-13(21)7-9-19(17-15)11-4-3-5-14-16(11)23-10-22-14/h3-9H,10H2,1-2H3/b8-6+. The second kappa shape index (κ2) is 5.96. The summed E-state index contributed by atoms with van der Waals surface area (Å²) in [5, 5.41) is 4.15. The number of fused-ring (bicyclic) bond motifs is 1. The van der Waals surface area contributed by atoms with Crippen molar-refractivity contribution in [2.45, 2.75) is 0 Å². The molecule has 3 rings (SSSR count). The summed E-state index contributed by atoms with van der Waals surface area (Å²) in [6, 6.07) is 6.64. The summed E-state index contributed by atoms with van der Waals surface area (Å²) < 4.78 is 12.2. The van der Waals surface area contributed by atoms with Crippen molar-refractivity contribution >= 4 is 5.78 Å². The van der Waals surface area contributed by atoms with Crippen LogP contribution in [0.2, 0.25) is 0 Å². The van der Waals surface area contributed by atoms with Gasteiger partial charge in [-0.3, -0.25) is 9.59 Å². The van der Waals surface area contributed by atoms with Crippen molar-refractivity contribution in [1.82, 2.24) is 14.7 Å². The molecule has 1 aromatic carbocycles. The van der Waals surface area contributed by atoms with Crippen LogP contribution in [0.3, 0.4) is 0 Å². The van der Waals surface area contributed by atoms with Gasteiger partial charge >= 0.3 is 0 Å². The topological polar surface area (TPSA) is 73.7 Å². The molecule has 0 saturated carbocycles. The van der Waals surface area contributed by atoms with Crippen LogP contribution in [0.4, 0.5) is 0 Å². The van der Waals surface area contributed by atoms with E-state index in [-0.39, 0.29) is 12.5 Å². The molecule has 0 N–H and O–H groups in total. The van der Waals surface area contributed by atoms with Gasteiger partial charge in [0.25, 0.3) is 0 Å². The highest BCUT2D eigenvalue weighted by Gasteiger charge is 2.19. The molecule has 1 aliphatic heterocycles. The molecule has 1 aliphatic rings. The average Bonchev–Trinajstić information content (AvgIpc) is 3.01. The van der Waals surface area contributed by atoms with E-state index in [2.05, 4.69) is 5.10 Å². The second-order valence-corrected chi connectivity index (χ2v) is 5.13. The van der Waals surface area contributed by atoms with Crippen LogP contribution in [-0.2, 0) is 0 Å². The van der Waals surface area contributed by atoms with Crippen LogP contribution in [0.25, 0.3) is 5.69 Å². The van der Waals surface area contributed by atoms with E-state index in [1.807, 2.05) is 0 Å². The maximum Gasteiger partial charge on any atom is 0.231 e. The molecule has 1 aromatic heterocycles. The zero-order chi connectivity index (χ0) is 16.4. The van der Waals surface area contributed by atoms with Gasteiger partial charge in [-0.15, -0.1) is 0 Å². The first kappa shape index (κ1) is 14.8. The molecule has 0 radical (unpaired) electrons. The van der Waals surface area contributed by atoms with Crippen molar-refractivity contribution < 1.29 is 14.3 Å². The number of hydrogen-bond acceptors (Lipinski definition) is 6. The van der Waals surface area contributed by atoms with E-state index in [0.717, 1.165) is 0 Å². The SMILES string of the molecule is CN(C)/C=C/C(=O)c1nn(-c2cccc3c2OCO3)ccc1=O. The largest absolute Gasteiger partial charge is 0.454 e. The fraction of sp³-hybridized carbons (Fsp3) is 0.188. The minimum Gasteiger partial charge on any atom is -0.454 e. The van der Waals surface area contributed by atoms with Gasteiger partial charge in [0.05, 0.1) is 0 Å². The number of nitrogens with zero attached hydrogens (tertiary/aromatic N) is 3. The van der Waals surface area contributed by atoms with Crippen LogP contribution >= 0.6 is 0 Å². The van der Waals surface area contributed by atoms with Crippen LogP contribution in [0, 0.1) is 0 Å². The second-order valence-electron chi connectivity index (χ2n) is 5.13. The number of carbonyl (C=O) groups is 1. The molecule has 0 fully saturated rings. The number of allylic oxidation sites excluding steroid dienone is 1. The lowest BCUT2D eigenvalue weighted by molar-refractivity contribution is 0.103. The predicted octanol–water partition coefficient (Wildman–Crippen LogP) is 1.22. The number of ether oxygens (including phenoxy) is 2. The van der Waals surface area contributed by atoms with Gasteiger partial charge in [-0.25, -0.2) is 4.68 Å². The Morgan fingerprint density at radius 1 is 1.30 bits per heavy atom. The van der Waals surface area contributed by atoms with E-state index in [4.69, 9.17) is 9.47 Å². The van der Waals surface area contributed by atoms with Crippen molar-refractivity contribution in [1.29, 1.82) is 0 Å². The summed E-state index contributed by atoms with van der Waals surface area (Å²) in [7, 11) is 3.57. The summed E-state index contributed by atoms with van der Waals surface area (Å²) in [6.07, 6.45) is 4.37. The quantitative estimate of drug-likeness (QED) is 0.624. The van der Waals surface area contributed by atoms with Gasteiger partial charge in [0.1, 0.15) is 5.69 Å². The highest BCUT2D eigenvalue weighted by molar-refractivity contribution is 6.02. The monoisotopic (exact) mass is 313 g/mol. The summed E-state index contributed by atoms with van der Waals surface area (Å²) in [5.41, 5.74) is 0.0205. The van der Waals surface area contributed by atoms with Crippen molar-refractivity contribution in [2.75, 3.05) is 20.9 Å². The van der Waals surface area contributed by atoms with E-state index in [1.54, 1.807) is 43.4 Å². The first-order valence-corrected chi connectivity index (χ1v) is 6.94. The third kappa shape index (κ3) is 2.94. The van der Waals surface area contributed by atoms with Crippen LogP contribution in [0.1, 0.15) is 10.5 Å². The third-order valence-corrected chi connectivity index (χ3v) is 3.19. The van der Waals surface area contributed by atoms with Gasteiger partial charge in [-0.05, 0) is 12.1 Å². The van der Waals surface area contributed by atoms with Gasteiger partial charge in [-0.2, -0.15) is 5.10 Å². The van der Waals surface area contributed by atoms with E-state index in [0.29, 0.717) is 17.2 Å². The third-order valence-electron chi connectivity index (χ3n) is 3.19. The molecule has 0 amide bonds. The van der Waals surface area contributed by atoms with Gasteiger partial charge in [-0.1, -0.05) is 6.07 Å². The van der Waals surface area contributed by atoms with E-state index in [9.17, 15) is 9.59 Å². The Morgan fingerprint density at radius 2 is 2.13 bits per heavy atom. The van der Waals surface area contributed by atoms with Crippen LogP contribution in [0.5, 0.6) is 11.5 Å². The Labute approximate surface area is 132 Å². The van der Waals surface area contributed by atoms with Crippen molar-refractivity contribution in [3.63, 3.8) is 0 Å². The Bertz CT molecular complexity index is 839. The highest BCUT2D eigenvalue weighted by atomic mass is 16.7. The number of para-hydroxylation sites is 1. The predicted molar refractivity (Wildman–Crippen MR) is 83.1 cm³/mol. The van der Waals surface area contributed by atoms with Crippen LogP contribution < -0.4 is 14.9 Å². The molecule has 0 spiro atoms. The molecule has 0 saturated heterocycles. The fourth-order valence-electron chi connectivity index (χ4n) is 2.10. The number of aromatic nitrogens is 2. The number of hydrogen-bond donors (Lipinski definition) is 0. The maximum atomic E-state index is 12.1. The molecule has 0 unspecified atom stereocenters. The van der Waals surface area contributed by atoms with Crippen molar-refractivity contribution in [3.05, 3.63) is 58.7 Å². The Kier molecular flexibility index (Phi) is 3.84. The minimum absolute atomic E-state index is 0.129. The molecule has 2 aromatic rings. The molecule has 0 atom stereocenters. The Hall–Kier alpha value is -3.09. The van der Waals surface area contributed by atoms with Crippen LogP contribution in [-0.4, -0.2) is 41.4 Å². The molecular formula is C16H15N3O4. The summed E-state index contributed by atoms with van der Waals surface area (Å²) in [4.78, 5) is 25.8. The summed E-state index contributed by atoms with van der Waals surface area (Å²) in [5.74, 6) is 0.678. The zero-order valence-electron chi connectivity index (χ0n) is 12.7. The zero-order valence-corrected chi connectivity index (χ0v) is 12.7. The lowest BCUT2D eigenvalue weighted by atomic mass is 10.2. The summed E-state index contributed by atoms with van der Waals surface area (Å²) in [6.45, 7) is 0.129. The van der Waals surface area contributed by atoms with E-state index < -0.39 is 11.2 Å². The first-order chi connectivity index (χ1) is 11.1. The maximum absolute atomic E-state index is 12.1. The average molecular weight is 313 g/mol. The molecule has 118 valence electrons. The summed E-state index contributed by atoms with van der Waals surface area (Å²) >= 11 is 0. The molecule has 0 aliphatic carbocycles. The van der Waals surface area contributed by atoms with Gasteiger partial charge < -0.3 is 14.4 Å². The fourth-order valence-corrected chi connectivity index (χ4v) is 2.10. The lowest BCUT2D eigenvalue weighted by Crippen LogP contribution is -2.20. The van der Waals surface area contributed by atoms with Gasteiger partial charge in [0, 0.05) is 38.6 Å². The van der Waals surface area contributed by atoms with E-state index >= 15 is 0 Å². The Balaban J connectivity index is 2.03. The van der Waals surface area contributed by atoms with Gasteiger partial charge in [0.2, 0.25) is 18.0 Å². The van der Waals surface area contributed by atoms with Gasteiger partial charge in [0.15, 0.2) is 17.2 Å². The highest BCUT2D eigenvalue weighted by Crippen LogP contribution is 2.36. The lowest BCUT2D eigenvalue weighted by Gasteiger charge is -2.09. The van der Waals surface area contributed by atoms with Crippen LogP contribution in [0.15, 0.2) is 47.5 Å².